The van der Waals surface area contributed by atoms with E-state index in [1.807, 2.05) is 0 Å². The van der Waals surface area contributed by atoms with Crippen molar-refractivity contribution in [3.05, 3.63) is 28.3 Å². The average molecular weight is 317 g/mol. The molecule has 0 bridgehead atoms. The van der Waals surface area contributed by atoms with E-state index in [-0.39, 0.29) is 22.8 Å². The summed E-state index contributed by atoms with van der Waals surface area (Å²) in [6.45, 7) is 0.862. The molecule has 8 nitrogen and oxygen atoms in total. The molecule has 0 amide bonds. The number of ether oxygens (including phenoxy) is 1. The molecule has 1 rings (SSSR count). The van der Waals surface area contributed by atoms with Crippen molar-refractivity contribution < 1.29 is 18.1 Å². The number of benzene rings is 1. The van der Waals surface area contributed by atoms with Gasteiger partial charge in [-0.2, -0.15) is 0 Å². The van der Waals surface area contributed by atoms with Gasteiger partial charge in [-0.3, -0.25) is 10.1 Å². The van der Waals surface area contributed by atoms with E-state index in [4.69, 9.17) is 4.74 Å². The average Bonchev–Trinajstić information content (AvgIpc) is 2.46. The third kappa shape index (κ3) is 4.96. The van der Waals surface area contributed by atoms with Crippen LogP contribution in [0.3, 0.4) is 0 Å². The quantitative estimate of drug-likeness (QED) is 0.404. The molecule has 0 aromatic heterocycles. The van der Waals surface area contributed by atoms with E-state index in [1.54, 1.807) is 7.11 Å². The van der Waals surface area contributed by atoms with Crippen LogP contribution in [0.25, 0.3) is 0 Å². The van der Waals surface area contributed by atoms with Crippen molar-refractivity contribution >= 4 is 21.4 Å². The maximum atomic E-state index is 12.1. The highest BCUT2D eigenvalue weighted by molar-refractivity contribution is 7.89. The van der Waals surface area contributed by atoms with Crippen molar-refractivity contribution in [2.45, 2.75) is 17.7 Å². The van der Waals surface area contributed by atoms with Crippen molar-refractivity contribution in [2.24, 2.45) is 0 Å². The fraction of sp³-hybridized carbons (Fsp3) is 0.500. The van der Waals surface area contributed by atoms with E-state index in [0.717, 1.165) is 6.42 Å². The van der Waals surface area contributed by atoms with Gasteiger partial charge in [-0.1, -0.05) is 0 Å². The maximum absolute atomic E-state index is 12.1. The van der Waals surface area contributed by atoms with Gasteiger partial charge in [-0.05, 0) is 25.0 Å². The Morgan fingerprint density at radius 3 is 2.62 bits per heavy atom. The van der Waals surface area contributed by atoms with Gasteiger partial charge in [-0.25, -0.2) is 13.1 Å². The third-order valence-electron chi connectivity index (χ3n) is 2.81. The van der Waals surface area contributed by atoms with Crippen molar-refractivity contribution in [3.8, 4) is 0 Å². The molecule has 1 aromatic carbocycles. The summed E-state index contributed by atoms with van der Waals surface area (Å²) in [6.07, 6.45) is 1.40. The molecule has 0 atom stereocenters. The van der Waals surface area contributed by atoms with Crippen LogP contribution in [-0.2, 0) is 14.8 Å². The predicted octanol–water partition coefficient (Wildman–Crippen LogP) is 1.34. The highest BCUT2D eigenvalue weighted by Crippen LogP contribution is 2.26. The monoisotopic (exact) mass is 317 g/mol. The first-order valence-electron chi connectivity index (χ1n) is 6.37. The lowest BCUT2D eigenvalue weighted by Gasteiger charge is -2.08. The van der Waals surface area contributed by atoms with Crippen LogP contribution in [0.15, 0.2) is 23.1 Å². The van der Waals surface area contributed by atoms with Gasteiger partial charge < -0.3 is 10.1 Å². The summed E-state index contributed by atoms with van der Waals surface area (Å²) in [4.78, 5) is 10.2. The molecule has 0 spiro atoms. The topological polar surface area (TPSA) is 111 Å². The molecule has 118 valence electrons. The van der Waals surface area contributed by atoms with Gasteiger partial charge in [0.25, 0.3) is 5.69 Å². The molecule has 0 aliphatic heterocycles. The molecule has 21 heavy (non-hydrogen) atoms. The molecule has 0 saturated heterocycles. The minimum atomic E-state index is -3.68. The Morgan fingerprint density at radius 2 is 2.05 bits per heavy atom. The molecule has 0 aliphatic rings. The molecule has 0 aliphatic carbocycles. The molecule has 0 saturated carbocycles. The first-order chi connectivity index (χ1) is 9.92. The number of nitro benzene ring substituents is 1. The number of methoxy groups -OCH3 is 1. The predicted molar refractivity (Wildman–Crippen MR) is 78.9 cm³/mol. The normalized spacial score (nSPS) is 11.3. The number of unbranched alkanes of at least 4 members (excludes halogenated alkanes) is 1. The minimum Gasteiger partial charge on any atom is -0.385 e. The van der Waals surface area contributed by atoms with Gasteiger partial charge in [0, 0.05) is 33.4 Å². The molecular weight excluding hydrogens is 298 g/mol. The fourth-order valence-corrected chi connectivity index (χ4v) is 2.80. The molecule has 0 radical (unpaired) electrons. The first kappa shape index (κ1) is 17.3. The van der Waals surface area contributed by atoms with E-state index < -0.39 is 14.9 Å². The van der Waals surface area contributed by atoms with E-state index in [1.165, 1.54) is 25.2 Å². The SMILES string of the molecule is CNc1cc(S(=O)(=O)NCCCCOC)ccc1[N+](=O)[O-]. The van der Waals surface area contributed by atoms with Crippen LogP contribution < -0.4 is 10.0 Å². The number of rotatable bonds is 9. The van der Waals surface area contributed by atoms with E-state index in [0.29, 0.717) is 13.0 Å². The van der Waals surface area contributed by atoms with Gasteiger partial charge >= 0.3 is 0 Å². The molecule has 0 heterocycles. The number of nitrogens with zero attached hydrogens (tertiary/aromatic N) is 1. The molecule has 9 heteroatoms. The largest absolute Gasteiger partial charge is 0.385 e. The summed E-state index contributed by atoms with van der Waals surface area (Å²) >= 11 is 0. The van der Waals surface area contributed by atoms with Gasteiger partial charge in [0.1, 0.15) is 5.69 Å². The smallest absolute Gasteiger partial charge is 0.292 e. The number of nitro groups is 1. The van der Waals surface area contributed by atoms with E-state index >= 15 is 0 Å². The maximum Gasteiger partial charge on any atom is 0.292 e. The summed E-state index contributed by atoms with van der Waals surface area (Å²) in [5.41, 5.74) is -0.0150. The van der Waals surface area contributed by atoms with Crippen molar-refractivity contribution in [3.63, 3.8) is 0 Å². The Hall–Kier alpha value is -1.71. The molecular formula is C12H19N3O5S. The lowest BCUT2D eigenvalue weighted by molar-refractivity contribution is -0.384. The van der Waals surface area contributed by atoms with Crippen LogP contribution in [0.1, 0.15) is 12.8 Å². The molecule has 0 unspecified atom stereocenters. The number of sulfonamides is 1. The highest BCUT2D eigenvalue weighted by Gasteiger charge is 2.19. The third-order valence-corrected chi connectivity index (χ3v) is 4.27. The Morgan fingerprint density at radius 1 is 1.33 bits per heavy atom. The second kappa shape index (κ2) is 7.91. The zero-order valence-corrected chi connectivity index (χ0v) is 12.8. The molecule has 1 aromatic rings. The number of hydrogen-bond donors (Lipinski definition) is 2. The van der Waals surface area contributed by atoms with Crippen LogP contribution in [0.5, 0.6) is 0 Å². The van der Waals surface area contributed by atoms with E-state index in [2.05, 4.69) is 10.0 Å². The van der Waals surface area contributed by atoms with Gasteiger partial charge in [0.2, 0.25) is 10.0 Å². The second-order valence-corrected chi connectivity index (χ2v) is 6.05. The summed E-state index contributed by atoms with van der Waals surface area (Å²) in [5, 5.41) is 13.4. The lowest BCUT2D eigenvalue weighted by Crippen LogP contribution is -2.25. The summed E-state index contributed by atoms with van der Waals surface area (Å²) in [6, 6.07) is 3.64. The zero-order chi connectivity index (χ0) is 15.9. The van der Waals surface area contributed by atoms with Gasteiger partial charge in [0.05, 0.1) is 9.82 Å². The summed E-state index contributed by atoms with van der Waals surface area (Å²) in [5.74, 6) is 0. The summed E-state index contributed by atoms with van der Waals surface area (Å²) < 4.78 is 31.5. The Labute approximate surface area is 123 Å². The molecule has 2 N–H and O–H groups in total. The Bertz CT molecular complexity index is 589. The van der Waals surface area contributed by atoms with Crippen molar-refractivity contribution in [1.82, 2.24) is 4.72 Å². The van der Waals surface area contributed by atoms with Crippen molar-refractivity contribution in [1.29, 1.82) is 0 Å². The Kier molecular flexibility index (Phi) is 6.53. The van der Waals surface area contributed by atoms with Crippen LogP contribution >= 0.6 is 0 Å². The zero-order valence-electron chi connectivity index (χ0n) is 12.0. The number of nitrogens with one attached hydrogen (secondary N) is 2. The van der Waals surface area contributed by atoms with Crippen molar-refractivity contribution in [2.75, 3.05) is 32.6 Å². The van der Waals surface area contributed by atoms with Crippen LogP contribution in [0, 0.1) is 10.1 Å². The standard InChI is InChI=1S/C12H19N3O5S/c1-13-11-9-10(5-6-12(11)15(16)17)21(18,19)14-7-3-4-8-20-2/h5-6,9,13-14H,3-4,7-8H2,1-2H3. The van der Waals surface area contributed by atoms with Crippen LogP contribution in [0.4, 0.5) is 11.4 Å². The number of hydrogen-bond acceptors (Lipinski definition) is 6. The first-order valence-corrected chi connectivity index (χ1v) is 7.85. The Balaban J connectivity index is 2.81. The molecule has 0 fully saturated rings. The van der Waals surface area contributed by atoms with Crippen LogP contribution in [-0.4, -0.2) is 40.7 Å². The van der Waals surface area contributed by atoms with Crippen LogP contribution in [0.2, 0.25) is 0 Å². The van der Waals surface area contributed by atoms with Gasteiger partial charge in [-0.15, -0.1) is 0 Å². The fourth-order valence-electron chi connectivity index (χ4n) is 1.70. The number of anilines is 1. The van der Waals surface area contributed by atoms with Gasteiger partial charge in [0.15, 0.2) is 0 Å². The van der Waals surface area contributed by atoms with E-state index in [9.17, 15) is 18.5 Å². The highest BCUT2D eigenvalue weighted by atomic mass is 32.2. The minimum absolute atomic E-state index is 0.0100. The summed E-state index contributed by atoms with van der Waals surface area (Å²) in [7, 11) is -0.595. The lowest BCUT2D eigenvalue weighted by atomic mass is 10.3. The second-order valence-electron chi connectivity index (χ2n) is 4.28.